The van der Waals surface area contributed by atoms with Crippen molar-refractivity contribution in [3.63, 3.8) is 0 Å². The van der Waals surface area contributed by atoms with Crippen LogP contribution in [0.1, 0.15) is 37.3 Å². The smallest absolute Gasteiger partial charge is 0.340 e. The van der Waals surface area contributed by atoms with Crippen molar-refractivity contribution in [3.8, 4) is 0 Å². The van der Waals surface area contributed by atoms with Crippen LogP contribution in [0.4, 0.5) is 13.2 Å². The zero-order valence-corrected chi connectivity index (χ0v) is 15.8. The SMILES string of the molecule is CCCC(N)C(=O)N1CCCN(Cc2ccc(C(F)(F)F)cc2)CC1.Cl. The Morgan fingerprint density at radius 3 is 2.38 bits per heavy atom. The van der Waals surface area contributed by atoms with Crippen molar-refractivity contribution >= 4 is 18.3 Å². The summed E-state index contributed by atoms with van der Waals surface area (Å²) in [4.78, 5) is 16.3. The number of nitrogens with two attached hydrogens (primary N) is 1. The summed E-state index contributed by atoms with van der Waals surface area (Å²) in [5, 5.41) is 0. The molecule has 148 valence electrons. The molecule has 1 aliphatic heterocycles. The molecule has 0 saturated carbocycles. The van der Waals surface area contributed by atoms with Crippen molar-refractivity contribution in [2.24, 2.45) is 5.73 Å². The summed E-state index contributed by atoms with van der Waals surface area (Å²) >= 11 is 0. The minimum atomic E-state index is -4.31. The van der Waals surface area contributed by atoms with E-state index in [1.807, 2.05) is 11.8 Å². The first-order valence-corrected chi connectivity index (χ1v) is 8.74. The van der Waals surface area contributed by atoms with E-state index >= 15 is 0 Å². The van der Waals surface area contributed by atoms with Gasteiger partial charge in [0.15, 0.2) is 0 Å². The lowest BCUT2D eigenvalue weighted by Gasteiger charge is -2.24. The summed E-state index contributed by atoms with van der Waals surface area (Å²) in [5.74, 6) is -0.00164. The molecule has 1 amide bonds. The number of alkyl halides is 3. The topological polar surface area (TPSA) is 49.6 Å². The van der Waals surface area contributed by atoms with Crippen LogP contribution in [0.5, 0.6) is 0 Å². The van der Waals surface area contributed by atoms with Crippen LogP contribution in [0.3, 0.4) is 0 Å². The van der Waals surface area contributed by atoms with Crippen LogP contribution in [0.2, 0.25) is 0 Å². The monoisotopic (exact) mass is 393 g/mol. The van der Waals surface area contributed by atoms with Gasteiger partial charge in [0.05, 0.1) is 11.6 Å². The standard InChI is InChI=1S/C18H26F3N3O.ClH/c1-2-4-16(22)17(25)24-10-3-9-23(11-12-24)13-14-5-7-15(8-6-14)18(19,20)21;/h5-8,16H,2-4,9-13,22H2,1H3;1H. The Balaban J connectivity index is 0.00000338. The summed E-state index contributed by atoms with van der Waals surface area (Å²) in [6.07, 6.45) is -1.91. The van der Waals surface area contributed by atoms with Crippen LogP contribution in [-0.2, 0) is 17.5 Å². The molecule has 1 aromatic rings. The van der Waals surface area contributed by atoms with Gasteiger partial charge in [-0.25, -0.2) is 0 Å². The van der Waals surface area contributed by atoms with Gasteiger partial charge >= 0.3 is 6.18 Å². The maximum absolute atomic E-state index is 12.6. The fourth-order valence-corrected chi connectivity index (χ4v) is 3.08. The minimum Gasteiger partial charge on any atom is -0.340 e. The van der Waals surface area contributed by atoms with Crippen molar-refractivity contribution < 1.29 is 18.0 Å². The number of nitrogens with zero attached hydrogens (tertiary/aromatic N) is 2. The zero-order valence-electron chi connectivity index (χ0n) is 15.0. The molecule has 2 rings (SSSR count). The highest BCUT2D eigenvalue weighted by Crippen LogP contribution is 2.29. The van der Waals surface area contributed by atoms with Gasteiger partial charge in [0.2, 0.25) is 5.91 Å². The van der Waals surface area contributed by atoms with Gasteiger partial charge in [-0.15, -0.1) is 12.4 Å². The predicted octanol–water partition coefficient (Wildman–Crippen LogP) is 3.29. The van der Waals surface area contributed by atoms with E-state index in [1.165, 1.54) is 12.1 Å². The van der Waals surface area contributed by atoms with E-state index in [0.717, 1.165) is 37.1 Å². The normalized spacial score (nSPS) is 17.3. The molecule has 0 radical (unpaired) electrons. The number of carbonyl (C=O) groups excluding carboxylic acids is 1. The number of hydrogen-bond acceptors (Lipinski definition) is 3. The number of carbonyl (C=O) groups is 1. The van der Waals surface area contributed by atoms with E-state index in [4.69, 9.17) is 5.73 Å². The molecule has 1 unspecified atom stereocenters. The average Bonchev–Trinajstić information content (AvgIpc) is 2.79. The van der Waals surface area contributed by atoms with E-state index in [9.17, 15) is 18.0 Å². The second-order valence-corrected chi connectivity index (χ2v) is 6.54. The Morgan fingerprint density at radius 1 is 1.15 bits per heavy atom. The Bertz CT molecular complexity index is 566. The van der Waals surface area contributed by atoms with E-state index in [-0.39, 0.29) is 18.3 Å². The predicted molar refractivity (Wildman–Crippen MR) is 98.0 cm³/mol. The van der Waals surface area contributed by atoms with Crippen molar-refractivity contribution in [1.29, 1.82) is 0 Å². The van der Waals surface area contributed by atoms with E-state index < -0.39 is 17.8 Å². The van der Waals surface area contributed by atoms with Crippen molar-refractivity contribution in [3.05, 3.63) is 35.4 Å². The summed E-state index contributed by atoms with van der Waals surface area (Å²) in [5.41, 5.74) is 6.13. The highest BCUT2D eigenvalue weighted by atomic mass is 35.5. The second-order valence-electron chi connectivity index (χ2n) is 6.54. The highest BCUT2D eigenvalue weighted by Gasteiger charge is 2.30. The summed E-state index contributed by atoms with van der Waals surface area (Å²) < 4.78 is 37.8. The maximum atomic E-state index is 12.6. The van der Waals surface area contributed by atoms with Gasteiger partial charge in [-0.05, 0) is 30.5 Å². The van der Waals surface area contributed by atoms with Crippen LogP contribution in [0.15, 0.2) is 24.3 Å². The molecule has 0 spiro atoms. The van der Waals surface area contributed by atoms with Crippen LogP contribution in [0, 0.1) is 0 Å². The van der Waals surface area contributed by atoms with Crippen molar-refractivity contribution in [2.45, 2.75) is 44.9 Å². The number of amides is 1. The number of rotatable bonds is 5. The Hall–Kier alpha value is -1.31. The number of benzene rings is 1. The van der Waals surface area contributed by atoms with Crippen LogP contribution in [-0.4, -0.2) is 47.9 Å². The third kappa shape index (κ3) is 6.45. The van der Waals surface area contributed by atoms with Crippen LogP contribution < -0.4 is 5.73 Å². The van der Waals surface area contributed by atoms with Gasteiger partial charge in [0, 0.05) is 32.7 Å². The lowest BCUT2D eigenvalue weighted by molar-refractivity contribution is -0.137. The molecule has 0 bridgehead atoms. The van der Waals surface area contributed by atoms with Crippen LogP contribution in [0.25, 0.3) is 0 Å². The fraction of sp³-hybridized carbons (Fsp3) is 0.611. The van der Waals surface area contributed by atoms with Gasteiger partial charge in [-0.1, -0.05) is 25.5 Å². The first kappa shape index (κ1) is 22.7. The number of halogens is 4. The van der Waals surface area contributed by atoms with Crippen LogP contribution >= 0.6 is 12.4 Å². The molecule has 1 atom stereocenters. The Labute approximate surface area is 158 Å². The zero-order chi connectivity index (χ0) is 18.4. The third-order valence-corrected chi connectivity index (χ3v) is 4.50. The molecule has 8 heteroatoms. The molecule has 1 heterocycles. The van der Waals surface area contributed by atoms with Gasteiger partial charge in [-0.2, -0.15) is 13.2 Å². The quantitative estimate of drug-likeness (QED) is 0.835. The largest absolute Gasteiger partial charge is 0.416 e. The molecule has 1 aromatic carbocycles. The minimum absolute atomic E-state index is 0. The molecule has 0 aliphatic carbocycles. The summed E-state index contributed by atoms with van der Waals surface area (Å²) in [6.45, 7) is 5.39. The van der Waals surface area contributed by atoms with Crippen molar-refractivity contribution in [2.75, 3.05) is 26.2 Å². The van der Waals surface area contributed by atoms with E-state index in [0.29, 0.717) is 32.6 Å². The molecule has 2 N–H and O–H groups in total. The second kappa shape index (κ2) is 10.1. The van der Waals surface area contributed by atoms with Gasteiger partial charge in [0.25, 0.3) is 0 Å². The van der Waals surface area contributed by atoms with E-state index in [2.05, 4.69) is 4.90 Å². The first-order valence-electron chi connectivity index (χ1n) is 8.74. The van der Waals surface area contributed by atoms with E-state index in [1.54, 1.807) is 0 Å². The number of hydrogen-bond donors (Lipinski definition) is 1. The fourth-order valence-electron chi connectivity index (χ4n) is 3.08. The van der Waals surface area contributed by atoms with Gasteiger partial charge in [-0.3, -0.25) is 9.69 Å². The van der Waals surface area contributed by atoms with Gasteiger partial charge in [0.1, 0.15) is 0 Å². The van der Waals surface area contributed by atoms with Crippen molar-refractivity contribution in [1.82, 2.24) is 9.80 Å². The molecule has 26 heavy (non-hydrogen) atoms. The Morgan fingerprint density at radius 2 is 1.81 bits per heavy atom. The molecule has 1 saturated heterocycles. The summed E-state index contributed by atoms with van der Waals surface area (Å²) in [7, 11) is 0. The average molecular weight is 394 g/mol. The molecule has 1 aliphatic rings. The first-order chi connectivity index (χ1) is 11.8. The Kier molecular flexibility index (Phi) is 8.86. The van der Waals surface area contributed by atoms with Gasteiger partial charge < -0.3 is 10.6 Å². The molecular formula is C18H27ClF3N3O. The molecular weight excluding hydrogens is 367 g/mol. The molecule has 0 aromatic heterocycles. The maximum Gasteiger partial charge on any atom is 0.416 e. The lowest BCUT2D eigenvalue weighted by atomic mass is 10.1. The summed E-state index contributed by atoms with van der Waals surface area (Å²) in [6, 6.07) is 4.84. The lowest BCUT2D eigenvalue weighted by Crippen LogP contribution is -2.45. The third-order valence-electron chi connectivity index (χ3n) is 4.50. The molecule has 1 fully saturated rings. The highest BCUT2D eigenvalue weighted by molar-refractivity contribution is 5.85. The molecule has 4 nitrogen and oxygen atoms in total.